The highest BCUT2D eigenvalue weighted by Gasteiger charge is 2.49. The van der Waals surface area contributed by atoms with Gasteiger partial charge in [0.05, 0.1) is 18.7 Å². The number of rotatable bonds is 7. The van der Waals surface area contributed by atoms with Crippen LogP contribution in [0.1, 0.15) is 34.1 Å². The third kappa shape index (κ3) is 5.20. The van der Waals surface area contributed by atoms with Gasteiger partial charge in [-0.1, -0.05) is 20.8 Å². The molecule has 1 aromatic rings. The van der Waals surface area contributed by atoms with Gasteiger partial charge >= 0.3 is 0 Å². The molecule has 0 spiro atoms. The second-order valence-corrected chi connectivity index (χ2v) is 9.79. The second-order valence-electron chi connectivity index (χ2n) is 9.79. The number of ether oxygens (including phenoxy) is 1. The van der Waals surface area contributed by atoms with E-state index in [1.165, 1.54) is 6.07 Å². The van der Waals surface area contributed by atoms with Crippen LogP contribution in [0, 0.1) is 23.0 Å². The summed E-state index contributed by atoms with van der Waals surface area (Å²) in [5.41, 5.74) is -0.470. The molecule has 0 aliphatic carbocycles. The minimum absolute atomic E-state index is 0.00730. The SMILES string of the molecule is CN[C@@H](C)C(=O)N[C@H](C(=O)N1CC[C@H]2NC[C@H](COc3ccc(F)c(F)c3)[C@H]21)C(C)(C)C. The standard InChI is InChI=1S/C23H34F2N4O3/c1-13(26-5)21(30)28-20(23(2,3)4)22(31)29-9-8-18-19(29)14(11-27-18)12-32-15-6-7-16(24)17(25)10-15/h6-7,10,13-14,18-20,26-27H,8-9,11-12H2,1-5H3,(H,28,30)/t13-,14+,18+,19+,20+/m0/s1. The van der Waals surface area contributed by atoms with E-state index < -0.39 is 29.1 Å². The van der Waals surface area contributed by atoms with Crippen molar-refractivity contribution in [2.45, 2.75) is 58.3 Å². The first-order valence-electron chi connectivity index (χ1n) is 11.1. The number of halogens is 2. The lowest BCUT2D eigenvalue weighted by Crippen LogP contribution is -2.59. The van der Waals surface area contributed by atoms with Crippen LogP contribution < -0.4 is 20.7 Å². The Hall–Kier alpha value is -2.26. The molecule has 0 unspecified atom stereocenters. The van der Waals surface area contributed by atoms with Crippen LogP contribution >= 0.6 is 0 Å². The number of likely N-dealkylation sites (N-methyl/N-ethyl adjacent to an activating group) is 1. The number of carbonyl (C=O) groups excluding carboxylic acids is 2. The van der Waals surface area contributed by atoms with E-state index in [0.717, 1.165) is 18.6 Å². The lowest BCUT2D eigenvalue weighted by atomic mass is 9.85. The molecule has 9 heteroatoms. The molecule has 3 rings (SSSR count). The Kier molecular flexibility index (Phi) is 7.39. The minimum atomic E-state index is -0.956. The van der Waals surface area contributed by atoms with Crippen LogP contribution in [0.25, 0.3) is 0 Å². The molecule has 0 bridgehead atoms. The van der Waals surface area contributed by atoms with Crippen molar-refractivity contribution >= 4 is 11.8 Å². The smallest absolute Gasteiger partial charge is 0.246 e. The summed E-state index contributed by atoms with van der Waals surface area (Å²) in [5, 5.41) is 9.28. The summed E-state index contributed by atoms with van der Waals surface area (Å²) >= 11 is 0. The summed E-state index contributed by atoms with van der Waals surface area (Å²) in [6, 6.07) is 2.43. The van der Waals surface area contributed by atoms with E-state index in [1.54, 1.807) is 14.0 Å². The van der Waals surface area contributed by atoms with Crippen molar-refractivity contribution < 1.29 is 23.1 Å². The molecular formula is C23H34F2N4O3. The molecular weight excluding hydrogens is 418 g/mol. The summed E-state index contributed by atoms with van der Waals surface area (Å²) in [7, 11) is 1.70. The third-order valence-corrected chi connectivity index (χ3v) is 6.44. The topological polar surface area (TPSA) is 82.7 Å². The monoisotopic (exact) mass is 452 g/mol. The molecule has 2 heterocycles. The molecule has 2 aliphatic heterocycles. The van der Waals surface area contributed by atoms with E-state index in [4.69, 9.17) is 4.74 Å². The highest BCUT2D eigenvalue weighted by atomic mass is 19.2. The van der Waals surface area contributed by atoms with E-state index in [-0.39, 0.29) is 42.2 Å². The molecule has 2 aliphatic rings. The fraction of sp³-hybridized carbons (Fsp3) is 0.652. The van der Waals surface area contributed by atoms with Crippen LogP contribution in [0.5, 0.6) is 5.75 Å². The van der Waals surface area contributed by atoms with Gasteiger partial charge in [0.1, 0.15) is 11.8 Å². The van der Waals surface area contributed by atoms with Gasteiger partial charge in [0, 0.05) is 31.1 Å². The molecule has 0 saturated carbocycles. The maximum Gasteiger partial charge on any atom is 0.246 e. The molecule has 0 radical (unpaired) electrons. The van der Waals surface area contributed by atoms with Gasteiger partial charge < -0.3 is 25.6 Å². The lowest BCUT2D eigenvalue weighted by Gasteiger charge is -2.37. The van der Waals surface area contributed by atoms with Gasteiger partial charge in [-0.2, -0.15) is 0 Å². The van der Waals surface area contributed by atoms with Gasteiger partial charge in [-0.25, -0.2) is 8.78 Å². The highest BCUT2D eigenvalue weighted by Crippen LogP contribution is 2.33. The zero-order valence-corrected chi connectivity index (χ0v) is 19.4. The summed E-state index contributed by atoms with van der Waals surface area (Å²) in [4.78, 5) is 28.0. The predicted octanol–water partition coefficient (Wildman–Crippen LogP) is 1.67. The molecule has 7 nitrogen and oxygen atoms in total. The number of amides is 2. The van der Waals surface area contributed by atoms with Crippen LogP contribution in [-0.2, 0) is 9.59 Å². The van der Waals surface area contributed by atoms with Gasteiger partial charge in [-0.15, -0.1) is 0 Å². The molecule has 0 aromatic heterocycles. The second kappa shape index (κ2) is 9.70. The zero-order chi connectivity index (χ0) is 23.6. The number of nitrogens with zero attached hydrogens (tertiary/aromatic N) is 1. The highest BCUT2D eigenvalue weighted by molar-refractivity contribution is 5.90. The third-order valence-electron chi connectivity index (χ3n) is 6.44. The largest absolute Gasteiger partial charge is 0.493 e. The number of likely N-dealkylation sites (tertiary alicyclic amines) is 1. The Bertz CT molecular complexity index is 845. The van der Waals surface area contributed by atoms with Gasteiger partial charge in [0.2, 0.25) is 11.8 Å². The number of fused-ring (bicyclic) bond motifs is 1. The molecule has 2 fully saturated rings. The number of carbonyl (C=O) groups is 2. The number of hydrogen-bond donors (Lipinski definition) is 3. The van der Waals surface area contributed by atoms with Gasteiger partial charge in [-0.05, 0) is 37.9 Å². The van der Waals surface area contributed by atoms with Crippen molar-refractivity contribution in [1.29, 1.82) is 0 Å². The average molecular weight is 453 g/mol. The van der Waals surface area contributed by atoms with E-state index in [1.807, 2.05) is 25.7 Å². The quantitative estimate of drug-likeness (QED) is 0.586. The van der Waals surface area contributed by atoms with E-state index >= 15 is 0 Å². The Morgan fingerprint density at radius 2 is 2.00 bits per heavy atom. The Morgan fingerprint density at radius 1 is 1.28 bits per heavy atom. The Balaban J connectivity index is 1.72. The van der Waals surface area contributed by atoms with Crippen molar-refractivity contribution in [2.24, 2.45) is 11.3 Å². The molecule has 5 atom stereocenters. The van der Waals surface area contributed by atoms with Crippen molar-refractivity contribution in [3.63, 3.8) is 0 Å². The van der Waals surface area contributed by atoms with Crippen LogP contribution in [0.2, 0.25) is 0 Å². The molecule has 2 amide bonds. The number of hydrogen-bond acceptors (Lipinski definition) is 5. The van der Waals surface area contributed by atoms with E-state index in [2.05, 4.69) is 16.0 Å². The maximum atomic E-state index is 13.6. The number of nitrogens with one attached hydrogen (secondary N) is 3. The first-order chi connectivity index (χ1) is 15.0. The van der Waals surface area contributed by atoms with Crippen molar-refractivity contribution in [2.75, 3.05) is 26.7 Å². The predicted molar refractivity (Wildman–Crippen MR) is 117 cm³/mol. The van der Waals surface area contributed by atoms with Crippen molar-refractivity contribution in [1.82, 2.24) is 20.9 Å². The van der Waals surface area contributed by atoms with Gasteiger partial charge in [0.15, 0.2) is 11.6 Å². The van der Waals surface area contributed by atoms with Gasteiger partial charge in [0.25, 0.3) is 0 Å². The molecule has 1 aromatic carbocycles. The van der Waals surface area contributed by atoms with Crippen LogP contribution in [0.4, 0.5) is 8.78 Å². The summed E-state index contributed by atoms with van der Waals surface area (Å²) in [6.45, 7) is 9.07. The Labute approximate surface area is 188 Å². The van der Waals surface area contributed by atoms with E-state index in [9.17, 15) is 18.4 Å². The molecule has 32 heavy (non-hydrogen) atoms. The fourth-order valence-electron chi connectivity index (χ4n) is 4.44. The summed E-state index contributed by atoms with van der Waals surface area (Å²) in [5.74, 6) is -1.96. The zero-order valence-electron chi connectivity index (χ0n) is 19.4. The van der Waals surface area contributed by atoms with Crippen LogP contribution in [-0.4, -0.2) is 67.6 Å². The first kappa shape index (κ1) is 24.4. The normalized spacial score (nSPS) is 24.7. The number of benzene rings is 1. The van der Waals surface area contributed by atoms with Crippen molar-refractivity contribution in [3.8, 4) is 5.75 Å². The average Bonchev–Trinajstić information content (AvgIpc) is 3.33. The summed E-state index contributed by atoms with van der Waals surface area (Å²) in [6.07, 6.45) is 0.815. The Morgan fingerprint density at radius 3 is 2.62 bits per heavy atom. The summed E-state index contributed by atoms with van der Waals surface area (Å²) < 4.78 is 32.4. The van der Waals surface area contributed by atoms with E-state index in [0.29, 0.717) is 13.1 Å². The maximum absolute atomic E-state index is 13.6. The molecule has 3 N–H and O–H groups in total. The molecule has 178 valence electrons. The van der Waals surface area contributed by atoms with Crippen molar-refractivity contribution in [3.05, 3.63) is 29.8 Å². The van der Waals surface area contributed by atoms with Crippen LogP contribution in [0.3, 0.4) is 0 Å². The molecule has 2 saturated heterocycles. The van der Waals surface area contributed by atoms with Gasteiger partial charge in [-0.3, -0.25) is 9.59 Å². The minimum Gasteiger partial charge on any atom is -0.493 e. The van der Waals surface area contributed by atoms with Crippen LogP contribution in [0.15, 0.2) is 18.2 Å². The lowest BCUT2D eigenvalue weighted by molar-refractivity contribution is -0.141. The first-order valence-corrected chi connectivity index (χ1v) is 11.1. The fourth-order valence-corrected chi connectivity index (χ4v) is 4.44.